The van der Waals surface area contributed by atoms with Crippen molar-refractivity contribution in [3.8, 4) is 11.5 Å². The zero-order valence-electron chi connectivity index (χ0n) is 16.8. The van der Waals surface area contributed by atoms with Gasteiger partial charge in [-0.3, -0.25) is 4.90 Å². The molecule has 2 aliphatic rings. The van der Waals surface area contributed by atoms with Gasteiger partial charge in [0.25, 0.3) is 0 Å². The summed E-state index contributed by atoms with van der Waals surface area (Å²) in [5.41, 5.74) is 1.92. The second-order valence-corrected chi connectivity index (χ2v) is 8.07. The maximum absolute atomic E-state index is 12.6. The molecule has 1 saturated heterocycles. The van der Waals surface area contributed by atoms with E-state index in [0.717, 1.165) is 29.9 Å². The van der Waals surface area contributed by atoms with Gasteiger partial charge in [0.1, 0.15) is 17.1 Å². The van der Waals surface area contributed by atoms with Gasteiger partial charge in [-0.25, -0.2) is 4.79 Å². The first-order valence-corrected chi connectivity index (χ1v) is 9.29. The van der Waals surface area contributed by atoms with Crippen molar-refractivity contribution in [3.05, 3.63) is 35.4 Å². The molecule has 2 bridgehead atoms. The molecule has 6 nitrogen and oxygen atoms in total. The Balaban J connectivity index is 1.78. The van der Waals surface area contributed by atoms with Gasteiger partial charge < -0.3 is 18.9 Å². The molecule has 2 aliphatic heterocycles. The monoisotopic (exact) mass is 375 g/mol. The molecule has 2 atom stereocenters. The number of morpholine rings is 1. The van der Waals surface area contributed by atoms with Gasteiger partial charge in [-0.1, -0.05) is 11.6 Å². The molecule has 148 valence electrons. The van der Waals surface area contributed by atoms with Crippen LogP contribution in [-0.2, 0) is 15.9 Å². The lowest BCUT2D eigenvalue weighted by molar-refractivity contribution is -0.0536. The molecule has 6 heteroatoms. The van der Waals surface area contributed by atoms with E-state index < -0.39 is 5.60 Å². The molecule has 0 N–H and O–H groups in total. The van der Waals surface area contributed by atoms with Crippen molar-refractivity contribution in [2.75, 3.05) is 27.4 Å². The summed E-state index contributed by atoms with van der Waals surface area (Å²) in [6, 6.07) is 5.83. The Kier molecular flexibility index (Phi) is 5.65. The Bertz CT molecular complexity index is 700. The Hall–Kier alpha value is -2.21. The van der Waals surface area contributed by atoms with Crippen LogP contribution in [0.4, 0.5) is 4.79 Å². The summed E-state index contributed by atoms with van der Waals surface area (Å²) < 4.78 is 22.0. The lowest BCUT2D eigenvalue weighted by Crippen LogP contribution is -2.57. The van der Waals surface area contributed by atoms with E-state index in [1.807, 2.05) is 43.9 Å². The van der Waals surface area contributed by atoms with Crippen molar-refractivity contribution < 1.29 is 23.7 Å². The maximum Gasteiger partial charge on any atom is 0.411 e. The highest BCUT2D eigenvalue weighted by atomic mass is 16.6. The van der Waals surface area contributed by atoms with Crippen molar-refractivity contribution in [2.45, 2.75) is 51.3 Å². The van der Waals surface area contributed by atoms with Crippen LogP contribution in [0.25, 0.3) is 0 Å². The number of ether oxygens (including phenoxy) is 4. The molecule has 2 unspecified atom stereocenters. The first-order valence-electron chi connectivity index (χ1n) is 9.29. The Morgan fingerprint density at radius 3 is 2.37 bits per heavy atom. The number of benzene rings is 1. The smallest absolute Gasteiger partial charge is 0.411 e. The molecule has 0 radical (unpaired) electrons. The molecule has 0 aliphatic carbocycles. The quantitative estimate of drug-likeness (QED) is 0.753. The summed E-state index contributed by atoms with van der Waals surface area (Å²) in [7, 11) is 3.30. The van der Waals surface area contributed by atoms with Crippen LogP contribution in [0.1, 0.15) is 32.8 Å². The van der Waals surface area contributed by atoms with Gasteiger partial charge in [0.2, 0.25) is 0 Å². The summed E-state index contributed by atoms with van der Waals surface area (Å²) in [6.45, 7) is 6.70. The van der Waals surface area contributed by atoms with Crippen LogP contribution in [0.2, 0.25) is 0 Å². The van der Waals surface area contributed by atoms with Gasteiger partial charge in [0.15, 0.2) is 0 Å². The van der Waals surface area contributed by atoms with Crippen LogP contribution in [0, 0.1) is 0 Å². The molecule has 1 fully saturated rings. The highest BCUT2D eigenvalue weighted by Crippen LogP contribution is 2.32. The normalized spacial score (nSPS) is 22.1. The minimum atomic E-state index is -0.507. The summed E-state index contributed by atoms with van der Waals surface area (Å²) in [5.74, 6) is 1.55. The zero-order chi connectivity index (χ0) is 19.6. The number of hydrogen-bond donors (Lipinski definition) is 0. The molecule has 1 aromatic carbocycles. The van der Waals surface area contributed by atoms with E-state index in [1.54, 1.807) is 14.2 Å². The molecule has 3 rings (SSSR count). The number of carbonyl (C=O) groups is 1. The largest absolute Gasteiger partial charge is 0.497 e. The molecular formula is C21H29NO5. The Labute approximate surface area is 161 Å². The van der Waals surface area contributed by atoms with E-state index in [1.165, 1.54) is 5.57 Å². The summed E-state index contributed by atoms with van der Waals surface area (Å²) >= 11 is 0. The second kappa shape index (κ2) is 7.80. The number of nitrogens with zero attached hydrogens (tertiary/aromatic N) is 1. The third-order valence-electron chi connectivity index (χ3n) is 4.72. The number of amides is 1. The number of carbonyl (C=O) groups excluding carboxylic acids is 1. The third kappa shape index (κ3) is 4.75. The van der Waals surface area contributed by atoms with Crippen LogP contribution in [0.15, 0.2) is 29.8 Å². The Morgan fingerprint density at radius 2 is 1.81 bits per heavy atom. The van der Waals surface area contributed by atoms with Crippen LogP contribution in [0.3, 0.4) is 0 Å². The summed E-state index contributed by atoms with van der Waals surface area (Å²) in [4.78, 5) is 14.5. The highest BCUT2D eigenvalue weighted by Gasteiger charge is 2.39. The van der Waals surface area contributed by atoms with Crippen molar-refractivity contribution in [1.82, 2.24) is 4.90 Å². The minimum absolute atomic E-state index is 0.00565. The van der Waals surface area contributed by atoms with Gasteiger partial charge in [-0.15, -0.1) is 0 Å². The van der Waals surface area contributed by atoms with Crippen LogP contribution >= 0.6 is 0 Å². The number of fused-ring (bicyclic) bond motifs is 2. The van der Waals surface area contributed by atoms with Gasteiger partial charge in [0.05, 0.1) is 39.5 Å². The van der Waals surface area contributed by atoms with Gasteiger partial charge in [-0.2, -0.15) is 0 Å². The lowest BCUT2D eigenvalue weighted by atomic mass is 9.90. The first kappa shape index (κ1) is 19.5. The van der Waals surface area contributed by atoms with Crippen LogP contribution in [-0.4, -0.2) is 56.1 Å². The molecule has 0 spiro atoms. The average molecular weight is 375 g/mol. The molecule has 1 aromatic rings. The van der Waals surface area contributed by atoms with E-state index in [-0.39, 0.29) is 18.2 Å². The van der Waals surface area contributed by atoms with Gasteiger partial charge in [0, 0.05) is 6.07 Å². The van der Waals surface area contributed by atoms with Crippen molar-refractivity contribution in [1.29, 1.82) is 0 Å². The van der Waals surface area contributed by atoms with E-state index in [2.05, 4.69) is 6.08 Å². The van der Waals surface area contributed by atoms with Crippen molar-refractivity contribution >= 4 is 6.09 Å². The van der Waals surface area contributed by atoms with E-state index in [4.69, 9.17) is 18.9 Å². The number of hydrogen-bond acceptors (Lipinski definition) is 5. The number of rotatable bonds is 4. The fourth-order valence-electron chi connectivity index (χ4n) is 3.65. The second-order valence-electron chi connectivity index (χ2n) is 8.07. The molecule has 2 heterocycles. The standard InChI is InChI=1S/C21H29NO5/c1-21(2,3)27-20(23)22-16-7-14(8-17(22)13-26-12-16)6-15-9-18(24-4)11-19(10-15)25-5/h7,9-11,16-17H,6,8,12-13H2,1-5H3. The van der Waals surface area contributed by atoms with Crippen LogP contribution < -0.4 is 9.47 Å². The van der Waals surface area contributed by atoms with E-state index >= 15 is 0 Å². The molecule has 27 heavy (non-hydrogen) atoms. The van der Waals surface area contributed by atoms with E-state index in [9.17, 15) is 4.79 Å². The Morgan fingerprint density at radius 1 is 1.15 bits per heavy atom. The van der Waals surface area contributed by atoms with E-state index in [0.29, 0.717) is 13.2 Å². The highest BCUT2D eigenvalue weighted by molar-refractivity contribution is 5.70. The SMILES string of the molecule is COc1cc(CC2=CC3COCC(C2)N3C(=O)OC(C)(C)C)cc(OC)c1. The molecule has 0 saturated carbocycles. The predicted octanol–water partition coefficient (Wildman–Crippen LogP) is 3.58. The zero-order valence-corrected chi connectivity index (χ0v) is 16.8. The average Bonchev–Trinajstić information content (AvgIpc) is 2.59. The topological polar surface area (TPSA) is 57.2 Å². The number of methoxy groups -OCH3 is 2. The van der Waals surface area contributed by atoms with Gasteiger partial charge in [-0.05, 0) is 51.3 Å². The van der Waals surface area contributed by atoms with Crippen molar-refractivity contribution in [3.63, 3.8) is 0 Å². The molecular weight excluding hydrogens is 346 g/mol. The van der Waals surface area contributed by atoms with Crippen molar-refractivity contribution in [2.24, 2.45) is 0 Å². The first-order chi connectivity index (χ1) is 12.8. The third-order valence-corrected chi connectivity index (χ3v) is 4.72. The van der Waals surface area contributed by atoms with Gasteiger partial charge >= 0.3 is 6.09 Å². The summed E-state index contributed by atoms with van der Waals surface area (Å²) in [6.07, 6.45) is 3.45. The lowest BCUT2D eigenvalue weighted by Gasteiger charge is -2.44. The fraction of sp³-hybridized carbons (Fsp3) is 0.571. The maximum atomic E-state index is 12.6. The summed E-state index contributed by atoms with van der Waals surface area (Å²) in [5, 5.41) is 0. The van der Waals surface area contributed by atoms with Crippen LogP contribution in [0.5, 0.6) is 11.5 Å². The minimum Gasteiger partial charge on any atom is -0.497 e. The fourth-order valence-corrected chi connectivity index (χ4v) is 3.65. The predicted molar refractivity (Wildman–Crippen MR) is 102 cm³/mol. The molecule has 0 aromatic heterocycles. The molecule has 1 amide bonds.